The van der Waals surface area contributed by atoms with Crippen LogP contribution in [0.4, 0.5) is 0 Å². The second-order valence-corrected chi connectivity index (χ2v) is 9.99. The molecule has 0 saturated heterocycles. The minimum atomic E-state index is -0.790. The molecule has 0 radical (unpaired) electrons. The van der Waals surface area contributed by atoms with Crippen LogP contribution in [-0.4, -0.2) is 36.9 Å². The van der Waals surface area contributed by atoms with Gasteiger partial charge in [0.15, 0.2) is 0 Å². The van der Waals surface area contributed by atoms with Crippen LogP contribution < -0.4 is 22.3 Å². The monoisotopic (exact) mass is 508 g/mol. The summed E-state index contributed by atoms with van der Waals surface area (Å²) in [7, 11) is 0. The molecular weight excluding hydrogens is 468 g/mol. The van der Waals surface area contributed by atoms with Crippen LogP contribution in [-0.2, 0) is 38.5 Å². The summed E-state index contributed by atoms with van der Waals surface area (Å²) in [6.07, 6.45) is 7.75. The fourth-order valence-corrected chi connectivity index (χ4v) is 4.19. The highest BCUT2D eigenvalue weighted by Crippen LogP contribution is 2.46. The molecule has 8 nitrogen and oxygen atoms in total. The van der Waals surface area contributed by atoms with E-state index in [0.29, 0.717) is 25.8 Å². The van der Waals surface area contributed by atoms with Gasteiger partial charge in [-0.05, 0) is 74.6 Å². The molecule has 2 aromatic rings. The summed E-state index contributed by atoms with van der Waals surface area (Å²) in [5.41, 5.74) is 16.3. The molecule has 2 amide bonds. The topological polar surface area (TPSA) is 137 Å². The predicted molar refractivity (Wildman–Crippen MR) is 143 cm³/mol. The molecule has 6 N–H and O–H groups in total. The first-order valence-corrected chi connectivity index (χ1v) is 13.3. The highest BCUT2D eigenvalue weighted by atomic mass is 16.7. The lowest BCUT2D eigenvalue weighted by atomic mass is 10.0. The Morgan fingerprint density at radius 3 is 2.11 bits per heavy atom. The van der Waals surface area contributed by atoms with Crippen molar-refractivity contribution in [2.75, 3.05) is 13.1 Å². The van der Waals surface area contributed by atoms with Crippen LogP contribution in [0.15, 0.2) is 54.6 Å². The summed E-state index contributed by atoms with van der Waals surface area (Å²) in [4.78, 5) is 42.0. The lowest BCUT2D eigenvalue weighted by Gasteiger charge is -2.17. The van der Waals surface area contributed by atoms with Crippen molar-refractivity contribution in [3.05, 3.63) is 71.3 Å². The van der Waals surface area contributed by atoms with E-state index in [1.54, 1.807) is 0 Å². The highest BCUT2D eigenvalue weighted by molar-refractivity contribution is 5.85. The van der Waals surface area contributed by atoms with E-state index in [4.69, 9.17) is 16.3 Å². The molecule has 1 aliphatic rings. The van der Waals surface area contributed by atoms with E-state index in [2.05, 4.69) is 35.1 Å². The van der Waals surface area contributed by atoms with Crippen molar-refractivity contribution in [3.63, 3.8) is 0 Å². The smallest absolute Gasteiger partial charge is 0.340 e. The van der Waals surface area contributed by atoms with Gasteiger partial charge in [-0.15, -0.1) is 0 Å². The molecule has 1 fully saturated rings. The summed E-state index contributed by atoms with van der Waals surface area (Å²) >= 11 is 0. The molecule has 0 aliphatic heterocycles. The number of unbranched alkanes of at least 4 members (excludes halogenated alkanes) is 2. The predicted octanol–water partition coefficient (Wildman–Crippen LogP) is 2.72. The first-order chi connectivity index (χ1) is 17.9. The van der Waals surface area contributed by atoms with Crippen molar-refractivity contribution in [3.8, 4) is 0 Å². The third-order valence-electron chi connectivity index (χ3n) is 6.86. The molecule has 8 heteroatoms. The Morgan fingerprint density at radius 1 is 0.865 bits per heavy atom. The minimum absolute atomic E-state index is 0.114. The molecule has 0 bridgehead atoms. The van der Waals surface area contributed by atoms with Crippen molar-refractivity contribution in [2.24, 2.45) is 16.9 Å². The van der Waals surface area contributed by atoms with Crippen molar-refractivity contribution >= 4 is 17.8 Å². The van der Waals surface area contributed by atoms with E-state index >= 15 is 0 Å². The maximum atomic E-state index is 12.5. The van der Waals surface area contributed by atoms with Gasteiger partial charge in [-0.3, -0.25) is 9.59 Å². The summed E-state index contributed by atoms with van der Waals surface area (Å²) in [6, 6.07) is 17.8. The molecule has 1 unspecified atom stereocenters. The molecule has 200 valence electrons. The average Bonchev–Trinajstić information content (AvgIpc) is 3.71. The highest BCUT2D eigenvalue weighted by Gasteiger charge is 2.52. The molecule has 0 aromatic heterocycles. The Hall–Kier alpha value is -3.23. The van der Waals surface area contributed by atoms with Gasteiger partial charge in [-0.25, -0.2) is 4.79 Å². The average molecular weight is 509 g/mol. The SMILES string of the molecule is NCCCCC(N)C(=O)NCC1(C(=O)ONC(=O)Cc2ccc(CCCCc3ccccc3)cc2)CC1. The van der Waals surface area contributed by atoms with Crippen LogP contribution >= 0.6 is 0 Å². The normalized spacial score (nSPS) is 14.4. The number of nitrogens with one attached hydrogen (secondary N) is 2. The Kier molecular flexibility index (Phi) is 11.1. The van der Waals surface area contributed by atoms with Gasteiger partial charge in [-0.2, -0.15) is 5.48 Å². The molecule has 0 spiro atoms. The molecule has 0 heterocycles. The number of aryl methyl sites for hydroxylation is 2. The van der Waals surface area contributed by atoms with Gasteiger partial charge in [0.25, 0.3) is 5.91 Å². The van der Waals surface area contributed by atoms with Gasteiger partial charge in [0.2, 0.25) is 5.91 Å². The zero-order valence-corrected chi connectivity index (χ0v) is 21.5. The van der Waals surface area contributed by atoms with E-state index in [1.165, 1.54) is 11.1 Å². The van der Waals surface area contributed by atoms with Crippen molar-refractivity contribution in [2.45, 2.75) is 70.3 Å². The van der Waals surface area contributed by atoms with Crippen molar-refractivity contribution in [1.82, 2.24) is 10.8 Å². The lowest BCUT2D eigenvalue weighted by molar-refractivity contribution is -0.163. The van der Waals surface area contributed by atoms with Crippen LogP contribution in [0.25, 0.3) is 0 Å². The van der Waals surface area contributed by atoms with Gasteiger partial charge in [0, 0.05) is 6.54 Å². The van der Waals surface area contributed by atoms with E-state index in [9.17, 15) is 14.4 Å². The Labute approximate surface area is 219 Å². The van der Waals surface area contributed by atoms with E-state index in [-0.39, 0.29) is 18.9 Å². The molecule has 3 rings (SSSR count). The van der Waals surface area contributed by atoms with Crippen molar-refractivity contribution < 1.29 is 19.2 Å². The number of nitrogens with two attached hydrogens (primary N) is 2. The second kappa shape index (κ2) is 14.5. The van der Waals surface area contributed by atoms with E-state index < -0.39 is 23.3 Å². The lowest BCUT2D eigenvalue weighted by Crippen LogP contribution is -2.45. The minimum Gasteiger partial charge on any atom is -0.354 e. The Bertz CT molecular complexity index is 1010. The fraction of sp³-hybridized carbons (Fsp3) is 0.483. The number of hydrogen-bond acceptors (Lipinski definition) is 6. The fourth-order valence-electron chi connectivity index (χ4n) is 4.19. The maximum absolute atomic E-state index is 12.5. The number of benzene rings is 2. The molecule has 1 aliphatic carbocycles. The number of carbonyl (C=O) groups is 3. The van der Waals surface area contributed by atoms with E-state index in [0.717, 1.165) is 44.1 Å². The third kappa shape index (κ3) is 9.63. The first-order valence-electron chi connectivity index (χ1n) is 13.3. The maximum Gasteiger partial charge on any atom is 0.340 e. The summed E-state index contributed by atoms with van der Waals surface area (Å²) in [5.74, 6) is -1.23. The first kappa shape index (κ1) is 28.3. The number of rotatable bonds is 15. The van der Waals surface area contributed by atoms with Gasteiger partial charge < -0.3 is 21.6 Å². The number of carbonyl (C=O) groups excluding carboxylic acids is 3. The molecular formula is C29H40N4O4. The molecule has 1 atom stereocenters. The Morgan fingerprint density at radius 2 is 1.49 bits per heavy atom. The van der Waals surface area contributed by atoms with E-state index in [1.807, 2.05) is 30.3 Å². The van der Waals surface area contributed by atoms with Gasteiger partial charge in [-0.1, -0.05) is 61.0 Å². The van der Waals surface area contributed by atoms with Crippen LogP contribution in [0.3, 0.4) is 0 Å². The zero-order chi connectivity index (χ0) is 26.5. The van der Waals surface area contributed by atoms with Crippen LogP contribution in [0.2, 0.25) is 0 Å². The number of amides is 2. The van der Waals surface area contributed by atoms with Gasteiger partial charge in [0.05, 0.1) is 17.9 Å². The molecule has 37 heavy (non-hydrogen) atoms. The molecule has 1 saturated carbocycles. The third-order valence-corrected chi connectivity index (χ3v) is 6.86. The van der Waals surface area contributed by atoms with Crippen LogP contribution in [0, 0.1) is 5.41 Å². The van der Waals surface area contributed by atoms with Crippen LogP contribution in [0.5, 0.6) is 0 Å². The second-order valence-electron chi connectivity index (χ2n) is 9.99. The number of hydrogen-bond donors (Lipinski definition) is 4. The standard InChI is InChI=1S/C29H40N4O4/c30-19-7-6-12-25(31)27(35)32-21-29(17-18-29)28(36)37-33-26(34)20-24-15-13-23(14-16-24)11-5-4-10-22-8-2-1-3-9-22/h1-3,8-9,13-16,25H,4-7,10-12,17-21,30-31H2,(H,32,35)(H,33,34). The van der Waals surface area contributed by atoms with Crippen LogP contribution in [0.1, 0.15) is 61.6 Å². The number of hydroxylamine groups is 1. The summed E-state index contributed by atoms with van der Waals surface area (Å²) in [5, 5.41) is 2.74. The summed E-state index contributed by atoms with van der Waals surface area (Å²) < 4.78 is 0. The van der Waals surface area contributed by atoms with Crippen molar-refractivity contribution in [1.29, 1.82) is 0 Å². The zero-order valence-electron chi connectivity index (χ0n) is 21.5. The van der Waals surface area contributed by atoms with Gasteiger partial charge >= 0.3 is 5.97 Å². The summed E-state index contributed by atoms with van der Waals surface area (Å²) in [6.45, 7) is 0.716. The van der Waals surface area contributed by atoms with Gasteiger partial charge in [0.1, 0.15) is 0 Å². The largest absolute Gasteiger partial charge is 0.354 e. The quantitative estimate of drug-likeness (QED) is 0.216. The Balaban J connectivity index is 1.32. The molecule has 2 aromatic carbocycles.